The minimum absolute atomic E-state index is 0. The minimum atomic E-state index is -0.877. The quantitative estimate of drug-likeness (QED) is 0.0232. The second-order valence-corrected chi connectivity index (χ2v) is 22.1. The van der Waals surface area contributed by atoms with Crippen molar-refractivity contribution in [3.05, 3.63) is 271 Å². The molecule has 0 amide bonds. The zero-order valence-electron chi connectivity index (χ0n) is 39.5. The molecule has 8 heteroatoms. The van der Waals surface area contributed by atoms with Crippen molar-refractivity contribution < 1.29 is 39.5 Å². The van der Waals surface area contributed by atoms with E-state index in [4.69, 9.17) is 22.1 Å². The molecule has 350 valence electrons. The van der Waals surface area contributed by atoms with E-state index in [1.54, 1.807) is 0 Å². The molecule has 0 fully saturated rings. The fourth-order valence-corrected chi connectivity index (χ4v) is 13.0. The molecule has 0 saturated carbocycles. The Labute approximate surface area is 431 Å². The number of hydrogen-bond acceptors (Lipinski definition) is 5. The Morgan fingerprint density at radius 2 is 0.681 bits per heavy atom. The molecule has 0 bridgehead atoms. The molecule has 8 aromatic rings. The smallest absolute Gasteiger partial charge is 0.797 e. The Balaban J connectivity index is 0.000000199. The minimum Gasteiger partial charge on any atom is -0.797 e. The molecule has 4 nitrogen and oxygen atoms in total. The van der Waals surface area contributed by atoms with Crippen LogP contribution in [0.25, 0.3) is 5.57 Å². The van der Waals surface area contributed by atoms with E-state index < -0.39 is 38.4 Å². The van der Waals surface area contributed by atoms with Crippen molar-refractivity contribution in [2.24, 2.45) is 5.41 Å². The van der Waals surface area contributed by atoms with Crippen LogP contribution in [0, 0.1) is 11.5 Å². The molecular formula is C61H58O4P2PdS+2. The van der Waals surface area contributed by atoms with Gasteiger partial charge in [0.15, 0.2) is 0 Å². The van der Waals surface area contributed by atoms with E-state index in [1.165, 1.54) is 46.0 Å². The Morgan fingerprint density at radius 3 is 0.899 bits per heavy atom. The zero-order chi connectivity index (χ0) is 48.1. The summed E-state index contributed by atoms with van der Waals surface area (Å²) >= 11 is 5.93. The van der Waals surface area contributed by atoms with Gasteiger partial charge in [-0.1, -0.05) is 208 Å². The average Bonchev–Trinajstić information content (AvgIpc) is 3.39. The standard InChI is InChI=1S/C25H27O4S.2C18H15P.Pd/c1-25(2,3)23(30)22(19(24(27)29-5)16-20(26)28-4)21(17-12-8-6-9-13-17)18-14-10-7-11-15-18;2*1-4-10-16(11-5-1)19(17-12-6-2-7-13-17)18-14-8-3-9-15-18;/h6-15,23,30H,1-5H3;2*1-15H;/q-1;;;+2/p+1. The van der Waals surface area contributed by atoms with Crippen LogP contribution in [0.15, 0.2) is 254 Å². The first-order valence-corrected chi connectivity index (χ1v) is 26.0. The number of methoxy groups -OCH3 is 2. The van der Waals surface area contributed by atoms with Crippen molar-refractivity contribution in [3.63, 3.8) is 0 Å². The van der Waals surface area contributed by atoms with Gasteiger partial charge in [-0.05, 0) is 83.9 Å². The van der Waals surface area contributed by atoms with Gasteiger partial charge >= 0.3 is 20.4 Å². The molecule has 1 atom stereocenters. The fourth-order valence-electron chi connectivity index (χ4n) is 7.62. The van der Waals surface area contributed by atoms with Gasteiger partial charge in [0, 0.05) is 0 Å². The maximum atomic E-state index is 12.8. The van der Waals surface area contributed by atoms with Crippen LogP contribution in [0.4, 0.5) is 0 Å². The van der Waals surface area contributed by atoms with Gasteiger partial charge in [0.25, 0.3) is 5.97 Å². The summed E-state index contributed by atoms with van der Waals surface area (Å²) in [5.41, 5.74) is 2.57. The molecular weight excluding hydrogens is 997 g/mol. The Bertz CT molecular complexity index is 2460. The second-order valence-electron chi connectivity index (χ2n) is 16.7. The molecule has 1 unspecified atom stereocenters. The van der Waals surface area contributed by atoms with E-state index in [2.05, 4.69) is 188 Å². The number of hydrogen-bond donors (Lipinski definition) is 0. The van der Waals surface area contributed by atoms with Crippen LogP contribution < -0.4 is 31.8 Å². The van der Waals surface area contributed by atoms with E-state index in [1.807, 2.05) is 81.4 Å². The molecule has 0 aliphatic rings. The number of benzene rings is 8. The summed E-state index contributed by atoms with van der Waals surface area (Å²) in [5, 5.41) is 8.08. The number of esters is 2. The Morgan fingerprint density at radius 1 is 0.435 bits per heavy atom. The molecule has 0 N–H and O–H groups in total. The predicted molar refractivity (Wildman–Crippen MR) is 293 cm³/mol. The van der Waals surface area contributed by atoms with Gasteiger partial charge in [-0.15, -0.1) is 5.57 Å². The van der Waals surface area contributed by atoms with Crippen molar-refractivity contribution in [1.29, 1.82) is 0 Å². The summed E-state index contributed by atoms with van der Waals surface area (Å²) in [7, 11) is 0.742. The molecule has 69 heavy (non-hydrogen) atoms. The van der Waals surface area contributed by atoms with Crippen LogP contribution >= 0.6 is 15.8 Å². The molecule has 8 rings (SSSR count). The molecule has 0 aliphatic heterocycles. The molecule has 0 spiro atoms. The topological polar surface area (TPSA) is 52.6 Å². The van der Waals surface area contributed by atoms with E-state index in [9.17, 15) is 9.59 Å². The van der Waals surface area contributed by atoms with E-state index in [-0.39, 0.29) is 26.0 Å². The number of rotatable bonds is 12. The van der Waals surface area contributed by atoms with Gasteiger partial charge < -0.3 is 26.9 Å². The van der Waals surface area contributed by atoms with Crippen LogP contribution in [-0.4, -0.2) is 31.4 Å². The van der Waals surface area contributed by atoms with Crippen LogP contribution in [0.5, 0.6) is 0 Å². The van der Waals surface area contributed by atoms with Crippen molar-refractivity contribution in [3.8, 4) is 0 Å². The first-order chi connectivity index (χ1) is 33.1. The molecule has 0 aliphatic carbocycles. The van der Waals surface area contributed by atoms with Gasteiger partial charge in [0.1, 0.15) is 31.8 Å². The summed E-state index contributed by atoms with van der Waals surface area (Å²) in [6.45, 7) is 5.97. The van der Waals surface area contributed by atoms with Crippen molar-refractivity contribution in [2.75, 3.05) is 14.2 Å². The predicted octanol–water partition coefficient (Wildman–Crippen LogP) is 10.9. The zero-order valence-corrected chi connectivity index (χ0v) is 43.9. The molecule has 0 saturated heterocycles. The summed E-state index contributed by atoms with van der Waals surface area (Å²) in [6, 6.07) is 84.3. The van der Waals surface area contributed by atoms with Gasteiger partial charge in [-0.25, -0.2) is 0 Å². The average molecular weight is 1060 g/mol. The fraction of sp³-hybridized carbons (Fsp3) is 0.115. The van der Waals surface area contributed by atoms with Crippen molar-refractivity contribution in [2.45, 2.75) is 26.0 Å². The van der Waals surface area contributed by atoms with E-state index in [0.29, 0.717) is 5.57 Å². The Hall–Kier alpha value is -5.95. The first-order valence-electron chi connectivity index (χ1n) is 22.5. The van der Waals surface area contributed by atoms with Crippen LogP contribution in [0.1, 0.15) is 31.9 Å². The molecule has 0 radical (unpaired) electrons. The van der Waals surface area contributed by atoms with Crippen LogP contribution in [-0.2, 0) is 52.1 Å². The molecule has 8 aromatic carbocycles. The third-order valence-electron chi connectivity index (χ3n) is 10.9. The maximum Gasteiger partial charge on any atom is 2.00 e. The van der Waals surface area contributed by atoms with Crippen molar-refractivity contribution >= 4 is 77.8 Å². The second kappa shape index (κ2) is 27.9. The number of carbonyl (C=O) groups is 2. The summed E-state index contributed by atoms with van der Waals surface area (Å²) < 4.78 is 9.74. The first kappa shape index (κ1) is 54.0. The molecule has 0 heterocycles. The third-order valence-corrected chi connectivity index (χ3v) is 17.3. The largest absolute Gasteiger partial charge is 2.00 e. The number of carbonyl (C=O) groups excluding carboxylic acids is 2. The number of ether oxygens (including phenoxy) is 2. The summed E-state index contributed by atoms with van der Waals surface area (Å²) in [6.07, 6.45) is 2.55. The van der Waals surface area contributed by atoms with Crippen molar-refractivity contribution in [1.82, 2.24) is 0 Å². The maximum absolute atomic E-state index is 12.8. The SMILES string of the molecule is COC(=O)[C-]=C(C(=O)OC)C(=C(c1ccccc1)c1ccccc1)C([S-])C(C)(C)C.[Pd+2].c1ccc([PH+](c2ccccc2)c2ccccc2)cc1.c1ccc([PH+](c2ccccc2)c2ccccc2)cc1. The Kier molecular flexibility index (Phi) is 21.8. The van der Waals surface area contributed by atoms with Gasteiger partial charge in [0.05, 0.1) is 30.1 Å². The summed E-state index contributed by atoms with van der Waals surface area (Å²) in [5.74, 6) is -1.47. The third kappa shape index (κ3) is 15.5. The molecule has 0 aromatic heterocycles. The monoisotopic (exact) mass is 1050 g/mol. The van der Waals surface area contributed by atoms with Gasteiger partial charge in [0.2, 0.25) is 5.97 Å². The van der Waals surface area contributed by atoms with Crippen LogP contribution in [0.3, 0.4) is 0 Å². The van der Waals surface area contributed by atoms with E-state index >= 15 is 0 Å². The van der Waals surface area contributed by atoms with Gasteiger partial charge in [-0.2, -0.15) is 10.8 Å². The van der Waals surface area contributed by atoms with Crippen LogP contribution in [0.2, 0.25) is 0 Å². The van der Waals surface area contributed by atoms with E-state index in [0.717, 1.165) is 16.7 Å². The summed E-state index contributed by atoms with van der Waals surface area (Å²) in [4.78, 5) is 24.9. The van der Waals surface area contributed by atoms with Gasteiger partial charge in [-0.3, -0.25) is 4.79 Å². The normalized spacial score (nSPS) is 11.3.